The number of amides is 2. The van der Waals surface area contributed by atoms with Crippen molar-refractivity contribution in [2.24, 2.45) is 0 Å². The Morgan fingerprint density at radius 3 is 2.75 bits per heavy atom. The van der Waals surface area contributed by atoms with Crippen LogP contribution in [0.3, 0.4) is 0 Å². The van der Waals surface area contributed by atoms with Crippen LogP contribution < -0.4 is 11.1 Å². The van der Waals surface area contributed by atoms with Gasteiger partial charge in [-0.2, -0.15) is 0 Å². The Morgan fingerprint density at radius 2 is 2.10 bits per heavy atom. The Balaban J connectivity index is 1.91. The van der Waals surface area contributed by atoms with Crippen molar-refractivity contribution < 1.29 is 14.0 Å². The molecule has 104 valence electrons. The van der Waals surface area contributed by atoms with Crippen LogP contribution in [-0.2, 0) is 4.79 Å². The number of nitrogens with two attached hydrogens (primary N) is 1. The molecular weight excluding hydrogens is 300 g/mol. The molecule has 0 aliphatic heterocycles. The van der Waals surface area contributed by atoms with E-state index in [1.165, 1.54) is 24.1 Å². The van der Waals surface area contributed by atoms with Crippen LogP contribution in [0.1, 0.15) is 10.6 Å². The molecule has 3 N–H and O–H groups in total. The zero-order valence-electron chi connectivity index (χ0n) is 10.3. The first-order chi connectivity index (χ1) is 9.58. The highest BCUT2D eigenvalue weighted by atomic mass is 35.5. The van der Waals surface area contributed by atoms with Gasteiger partial charge in [0.1, 0.15) is 0 Å². The third-order valence-electron chi connectivity index (χ3n) is 2.34. The quantitative estimate of drug-likeness (QED) is 0.669. The zero-order chi connectivity index (χ0) is 14.5. The van der Waals surface area contributed by atoms with Gasteiger partial charge in [-0.1, -0.05) is 17.7 Å². The molecule has 7 heteroatoms. The summed E-state index contributed by atoms with van der Waals surface area (Å²) < 4.78 is 4.88. The first kappa shape index (κ1) is 14.5. The van der Waals surface area contributed by atoms with Crippen LogP contribution in [0.25, 0.3) is 0 Å². The number of hydrogen-bond donors (Lipinski definition) is 2. The molecule has 1 aromatic carbocycles. The van der Waals surface area contributed by atoms with Crippen molar-refractivity contribution >= 4 is 40.9 Å². The second kappa shape index (κ2) is 6.49. The largest absolute Gasteiger partial charge is 0.459 e. The lowest BCUT2D eigenvalue weighted by molar-refractivity contribution is -0.117. The molecule has 0 saturated heterocycles. The molecule has 0 saturated carbocycles. The number of hydrogen-bond acceptors (Lipinski definition) is 5. The van der Waals surface area contributed by atoms with E-state index in [-0.39, 0.29) is 11.5 Å². The van der Waals surface area contributed by atoms with E-state index in [9.17, 15) is 9.59 Å². The van der Waals surface area contributed by atoms with Gasteiger partial charge in [0.15, 0.2) is 5.76 Å². The minimum atomic E-state index is -0.576. The van der Waals surface area contributed by atoms with Crippen molar-refractivity contribution in [1.82, 2.24) is 5.32 Å². The van der Waals surface area contributed by atoms with E-state index in [0.29, 0.717) is 15.6 Å². The van der Waals surface area contributed by atoms with Crippen molar-refractivity contribution in [2.75, 3.05) is 11.5 Å². The van der Waals surface area contributed by atoms with Crippen molar-refractivity contribution in [3.63, 3.8) is 0 Å². The number of furan rings is 1. The Bertz CT molecular complexity index is 608. The van der Waals surface area contributed by atoms with Crippen molar-refractivity contribution in [1.29, 1.82) is 0 Å². The summed E-state index contributed by atoms with van der Waals surface area (Å²) in [6.07, 6.45) is 1.36. The monoisotopic (exact) mass is 310 g/mol. The lowest BCUT2D eigenvalue weighted by atomic mass is 10.3. The second-order valence-corrected chi connectivity index (χ2v) is 5.19. The van der Waals surface area contributed by atoms with E-state index in [1.54, 1.807) is 24.3 Å². The lowest BCUT2D eigenvalue weighted by Crippen LogP contribution is -2.31. The van der Waals surface area contributed by atoms with Gasteiger partial charge in [0.2, 0.25) is 5.91 Å². The molecule has 1 aromatic heterocycles. The Labute approximate surface area is 124 Å². The number of carbonyl (C=O) groups is 2. The molecule has 0 atom stereocenters. The second-order valence-electron chi connectivity index (χ2n) is 3.80. The molecule has 0 fully saturated rings. The number of rotatable bonds is 4. The zero-order valence-corrected chi connectivity index (χ0v) is 11.8. The molecule has 0 unspecified atom stereocenters. The highest BCUT2D eigenvalue weighted by molar-refractivity contribution is 8.00. The van der Waals surface area contributed by atoms with Gasteiger partial charge in [0.05, 0.1) is 17.0 Å². The fourth-order valence-corrected chi connectivity index (χ4v) is 2.58. The van der Waals surface area contributed by atoms with E-state index in [1.807, 2.05) is 0 Å². The maximum atomic E-state index is 11.7. The first-order valence-corrected chi connectivity index (χ1v) is 6.99. The summed E-state index contributed by atoms with van der Waals surface area (Å²) >= 11 is 7.15. The van der Waals surface area contributed by atoms with Crippen molar-refractivity contribution in [3.8, 4) is 0 Å². The lowest BCUT2D eigenvalue weighted by Gasteiger charge is -2.07. The normalized spacial score (nSPS) is 10.2. The molecule has 0 aliphatic rings. The highest BCUT2D eigenvalue weighted by Crippen LogP contribution is 2.32. The number of anilines is 1. The number of imide groups is 1. The van der Waals surface area contributed by atoms with Gasteiger partial charge in [-0.3, -0.25) is 14.9 Å². The fraction of sp³-hybridized carbons (Fsp3) is 0.0769. The topological polar surface area (TPSA) is 85.3 Å². The smallest absolute Gasteiger partial charge is 0.293 e. The SMILES string of the molecule is Nc1cccc(Cl)c1SCC(=O)NC(=O)c1ccco1. The third kappa shape index (κ3) is 3.55. The Hall–Kier alpha value is -1.92. The molecule has 0 radical (unpaired) electrons. The van der Waals surface area contributed by atoms with Crippen LogP contribution >= 0.6 is 23.4 Å². The molecular formula is C13H11ClN2O3S. The van der Waals surface area contributed by atoms with Crippen LogP contribution in [0.15, 0.2) is 45.9 Å². The van der Waals surface area contributed by atoms with Crippen LogP contribution in [0.4, 0.5) is 5.69 Å². The highest BCUT2D eigenvalue weighted by Gasteiger charge is 2.14. The fourth-order valence-electron chi connectivity index (χ4n) is 1.45. The molecule has 2 amide bonds. The summed E-state index contributed by atoms with van der Waals surface area (Å²) in [4.78, 5) is 23.9. The predicted molar refractivity (Wildman–Crippen MR) is 77.8 cm³/mol. The van der Waals surface area contributed by atoms with E-state index >= 15 is 0 Å². The van der Waals surface area contributed by atoms with E-state index in [4.69, 9.17) is 21.8 Å². The van der Waals surface area contributed by atoms with E-state index in [2.05, 4.69) is 5.32 Å². The van der Waals surface area contributed by atoms with Crippen molar-refractivity contribution in [2.45, 2.75) is 4.90 Å². The van der Waals surface area contributed by atoms with Gasteiger partial charge in [0.25, 0.3) is 5.91 Å². The number of nitrogen functional groups attached to an aromatic ring is 1. The maximum absolute atomic E-state index is 11.7. The predicted octanol–water partition coefficient (Wildman–Crippen LogP) is 2.56. The summed E-state index contributed by atoms with van der Waals surface area (Å²) in [6.45, 7) is 0. The van der Waals surface area contributed by atoms with Crippen LogP contribution in [0.2, 0.25) is 5.02 Å². The average Bonchev–Trinajstić information content (AvgIpc) is 2.92. The van der Waals surface area contributed by atoms with Gasteiger partial charge >= 0.3 is 0 Å². The Kier molecular flexibility index (Phi) is 4.70. The van der Waals surface area contributed by atoms with Gasteiger partial charge in [-0.15, -0.1) is 11.8 Å². The molecule has 2 aromatic rings. The minimum Gasteiger partial charge on any atom is -0.459 e. The third-order valence-corrected chi connectivity index (χ3v) is 3.92. The number of halogens is 1. The molecule has 0 aliphatic carbocycles. The van der Waals surface area contributed by atoms with Crippen molar-refractivity contribution in [3.05, 3.63) is 47.4 Å². The summed E-state index contributed by atoms with van der Waals surface area (Å²) in [5.41, 5.74) is 6.26. The summed E-state index contributed by atoms with van der Waals surface area (Å²) in [7, 11) is 0. The van der Waals surface area contributed by atoms with Gasteiger partial charge in [-0.05, 0) is 24.3 Å². The molecule has 0 bridgehead atoms. The molecule has 20 heavy (non-hydrogen) atoms. The van der Waals surface area contributed by atoms with Gasteiger partial charge in [0, 0.05) is 10.6 Å². The van der Waals surface area contributed by atoms with E-state index in [0.717, 1.165) is 0 Å². The number of benzene rings is 1. The number of nitrogens with one attached hydrogen (secondary N) is 1. The molecule has 0 spiro atoms. The number of thioether (sulfide) groups is 1. The first-order valence-electron chi connectivity index (χ1n) is 5.62. The maximum Gasteiger partial charge on any atom is 0.293 e. The summed E-state index contributed by atoms with van der Waals surface area (Å²) in [5, 5.41) is 2.69. The van der Waals surface area contributed by atoms with Crippen LogP contribution in [0, 0.1) is 0 Å². The minimum absolute atomic E-state index is 0.0282. The molecule has 2 rings (SSSR count). The molecule has 1 heterocycles. The van der Waals surface area contributed by atoms with Gasteiger partial charge < -0.3 is 10.2 Å². The van der Waals surface area contributed by atoms with Crippen LogP contribution in [0.5, 0.6) is 0 Å². The van der Waals surface area contributed by atoms with Crippen LogP contribution in [-0.4, -0.2) is 17.6 Å². The number of carbonyl (C=O) groups excluding carboxylic acids is 2. The molecule has 5 nitrogen and oxygen atoms in total. The van der Waals surface area contributed by atoms with Gasteiger partial charge in [-0.25, -0.2) is 0 Å². The standard InChI is InChI=1S/C13H11ClN2O3S/c14-8-3-1-4-9(15)12(8)20-7-11(17)16-13(18)10-5-2-6-19-10/h1-6H,7,15H2,(H,16,17,18). The average molecular weight is 311 g/mol. The summed E-state index contributed by atoms with van der Waals surface area (Å²) in [6, 6.07) is 8.15. The Morgan fingerprint density at radius 1 is 1.30 bits per heavy atom. The summed E-state index contributed by atoms with van der Waals surface area (Å²) in [5.74, 6) is -0.913. The van der Waals surface area contributed by atoms with E-state index < -0.39 is 11.8 Å².